The zero-order valence-electron chi connectivity index (χ0n) is 11.7. The largest absolute Gasteiger partial charge is 0.367 e. The van der Waals surface area contributed by atoms with Gasteiger partial charge in [0.15, 0.2) is 0 Å². The minimum Gasteiger partial charge on any atom is -0.367 e. The summed E-state index contributed by atoms with van der Waals surface area (Å²) in [6, 6.07) is 13.1. The van der Waals surface area contributed by atoms with Crippen molar-refractivity contribution in [3.8, 4) is 0 Å². The minimum atomic E-state index is 0.437. The molecule has 3 nitrogen and oxygen atoms in total. The number of hydrogen-bond acceptors (Lipinski definition) is 3. The molecule has 0 amide bonds. The molecule has 2 N–H and O–H groups in total. The lowest BCUT2D eigenvalue weighted by atomic mass is 9.70. The number of benzene rings is 1. The van der Waals surface area contributed by atoms with Crippen molar-refractivity contribution in [2.24, 2.45) is 0 Å². The molecular weight excluding hydrogens is 246 g/mol. The van der Waals surface area contributed by atoms with Gasteiger partial charge >= 0.3 is 0 Å². The summed E-state index contributed by atoms with van der Waals surface area (Å²) in [5.41, 5.74) is 1.51. The highest BCUT2D eigenvalue weighted by molar-refractivity contribution is 5.80. The lowest BCUT2D eigenvalue weighted by Crippen LogP contribution is -2.58. The minimum absolute atomic E-state index is 0.437. The molecule has 104 valence electrons. The number of nitrogens with zero attached hydrogens (tertiary/aromatic N) is 1. The Morgan fingerprint density at radius 2 is 2.05 bits per heavy atom. The average molecular weight is 267 g/mol. The smallest absolute Gasteiger partial charge is 0.126 e. The number of rotatable bonds is 2. The van der Waals surface area contributed by atoms with E-state index >= 15 is 0 Å². The number of para-hydroxylation sites is 1. The SMILES string of the molecule is c1ccc2nc(NC3CCNC4(CCC4)C3)ccc2c1. The highest BCUT2D eigenvalue weighted by atomic mass is 15.1. The van der Waals surface area contributed by atoms with Crippen LogP contribution >= 0.6 is 0 Å². The molecule has 1 aliphatic heterocycles. The molecule has 3 heteroatoms. The molecule has 2 fully saturated rings. The number of piperidine rings is 1. The zero-order chi connectivity index (χ0) is 13.4. The normalized spacial score (nSPS) is 24.5. The van der Waals surface area contributed by atoms with E-state index in [0.29, 0.717) is 11.6 Å². The van der Waals surface area contributed by atoms with Crippen molar-refractivity contribution in [2.45, 2.75) is 43.7 Å². The third-order valence-electron chi connectivity index (χ3n) is 4.89. The van der Waals surface area contributed by atoms with Gasteiger partial charge in [0.1, 0.15) is 5.82 Å². The number of nitrogens with one attached hydrogen (secondary N) is 2. The molecule has 1 spiro atoms. The van der Waals surface area contributed by atoms with E-state index in [1.807, 2.05) is 6.07 Å². The third kappa shape index (κ3) is 2.16. The van der Waals surface area contributed by atoms with Crippen molar-refractivity contribution in [1.82, 2.24) is 10.3 Å². The van der Waals surface area contributed by atoms with E-state index in [-0.39, 0.29) is 0 Å². The summed E-state index contributed by atoms with van der Waals surface area (Å²) < 4.78 is 0. The van der Waals surface area contributed by atoms with Crippen LogP contribution < -0.4 is 10.6 Å². The quantitative estimate of drug-likeness (QED) is 0.876. The fourth-order valence-corrected chi connectivity index (χ4v) is 3.62. The molecule has 0 bridgehead atoms. The van der Waals surface area contributed by atoms with E-state index in [1.165, 1.54) is 37.5 Å². The maximum absolute atomic E-state index is 4.73. The van der Waals surface area contributed by atoms with Crippen LogP contribution in [0.15, 0.2) is 36.4 Å². The van der Waals surface area contributed by atoms with E-state index in [0.717, 1.165) is 17.9 Å². The molecule has 1 saturated heterocycles. The summed E-state index contributed by atoms with van der Waals surface area (Å²) in [4.78, 5) is 4.73. The molecule has 2 heterocycles. The molecule has 1 aliphatic carbocycles. The molecule has 20 heavy (non-hydrogen) atoms. The summed E-state index contributed by atoms with van der Waals surface area (Å²) in [5.74, 6) is 1.02. The fraction of sp³-hybridized carbons (Fsp3) is 0.471. The number of aromatic nitrogens is 1. The predicted molar refractivity (Wildman–Crippen MR) is 83.0 cm³/mol. The topological polar surface area (TPSA) is 37.0 Å². The van der Waals surface area contributed by atoms with Gasteiger partial charge in [0.2, 0.25) is 0 Å². The Bertz CT molecular complexity index is 618. The Kier molecular flexibility index (Phi) is 2.88. The maximum Gasteiger partial charge on any atom is 0.126 e. The Morgan fingerprint density at radius 3 is 2.90 bits per heavy atom. The van der Waals surface area contributed by atoms with Crippen LogP contribution in [-0.4, -0.2) is 23.1 Å². The Labute approximate surface area is 119 Å². The van der Waals surface area contributed by atoms with Gasteiger partial charge in [0.25, 0.3) is 0 Å². The van der Waals surface area contributed by atoms with Crippen LogP contribution in [0.1, 0.15) is 32.1 Å². The van der Waals surface area contributed by atoms with E-state index in [2.05, 4.69) is 41.0 Å². The summed E-state index contributed by atoms with van der Waals surface area (Å²) >= 11 is 0. The van der Waals surface area contributed by atoms with Gasteiger partial charge in [-0.3, -0.25) is 0 Å². The molecular formula is C17H21N3. The van der Waals surface area contributed by atoms with Gasteiger partial charge in [0, 0.05) is 17.0 Å². The highest BCUT2D eigenvalue weighted by Crippen LogP contribution is 2.38. The molecule has 1 unspecified atom stereocenters. The molecule has 1 atom stereocenters. The van der Waals surface area contributed by atoms with Crippen molar-refractivity contribution in [2.75, 3.05) is 11.9 Å². The maximum atomic E-state index is 4.73. The molecule has 4 rings (SSSR count). The van der Waals surface area contributed by atoms with Crippen LogP contribution in [0, 0.1) is 0 Å². The molecule has 2 aromatic rings. The van der Waals surface area contributed by atoms with Gasteiger partial charge < -0.3 is 10.6 Å². The van der Waals surface area contributed by atoms with Crippen LogP contribution in [0.25, 0.3) is 10.9 Å². The summed E-state index contributed by atoms with van der Waals surface area (Å²) in [6.45, 7) is 1.13. The molecule has 1 saturated carbocycles. The van der Waals surface area contributed by atoms with Crippen molar-refractivity contribution >= 4 is 16.7 Å². The van der Waals surface area contributed by atoms with Crippen LogP contribution in [0.4, 0.5) is 5.82 Å². The Morgan fingerprint density at radius 1 is 1.15 bits per heavy atom. The molecule has 1 aromatic heterocycles. The lowest BCUT2D eigenvalue weighted by molar-refractivity contribution is 0.135. The fourth-order valence-electron chi connectivity index (χ4n) is 3.62. The van der Waals surface area contributed by atoms with Crippen LogP contribution in [0.5, 0.6) is 0 Å². The Balaban J connectivity index is 1.52. The summed E-state index contributed by atoms with van der Waals surface area (Å²) in [6.07, 6.45) is 6.50. The monoisotopic (exact) mass is 267 g/mol. The highest BCUT2D eigenvalue weighted by Gasteiger charge is 2.40. The summed E-state index contributed by atoms with van der Waals surface area (Å²) in [5, 5.41) is 8.57. The Hall–Kier alpha value is -1.61. The van der Waals surface area contributed by atoms with Gasteiger partial charge in [0.05, 0.1) is 5.52 Å². The van der Waals surface area contributed by atoms with E-state index in [9.17, 15) is 0 Å². The van der Waals surface area contributed by atoms with E-state index in [1.54, 1.807) is 0 Å². The number of anilines is 1. The van der Waals surface area contributed by atoms with Crippen molar-refractivity contribution < 1.29 is 0 Å². The molecule has 2 aliphatic rings. The molecule has 1 aromatic carbocycles. The first-order chi connectivity index (χ1) is 9.83. The zero-order valence-corrected chi connectivity index (χ0v) is 11.7. The number of pyridine rings is 1. The van der Waals surface area contributed by atoms with E-state index < -0.39 is 0 Å². The predicted octanol–water partition coefficient (Wildman–Crippen LogP) is 3.32. The average Bonchev–Trinajstić information content (AvgIpc) is 2.46. The van der Waals surface area contributed by atoms with Crippen molar-refractivity contribution in [3.05, 3.63) is 36.4 Å². The van der Waals surface area contributed by atoms with Gasteiger partial charge in [-0.05, 0) is 56.8 Å². The lowest BCUT2D eigenvalue weighted by Gasteiger charge is -2.48. The second kappa shape index (κ2) is 4.74. The van der Waals surface area contributed by atoms with E-state index in [4.69, 9.17) is 4.98 Å². The number of hydrogen-bond donors (Lipinski definition) is 2. The van der Waals surface area contributed by atoms with Gasteiger partial charge in [-0.2, -0.15) is 0 Å². The second-order valence-corrected chi connectivity index (χ2v) is 6.28. The standard InChI is InChI=1S/C17H21N3/c1-2-5-15-13(4-1)6-7-16(20-15)19-14-8-11-18-17(12-14)9-3-10-17/h1-2,4-7,14,18H,3,8-12H2,(H,19,20). The first kappa shape index (κ1) is 12.2. The second-order valence-electron chi connectivity index (χ2n) is 6.28. The number of fused-ring (bicyclic) bond motifs is 1. The van der Waals surface area contributed by atoms with Gasteiger partial charge in [-0.1, -0.05) is 18.2 Å². The van der Waals surface area contributed by atoms with Crippen LogP contribution in [-0.2, 0) is 0 Å². The first-order valence-electron chi connectivity index (χ1n) is 7.70. The van der Waals surface area contributed by atoms with Crippen molar-refractivity contribution in [3.63, 3.8) is 0 Å². The van der Waals surface area contributed by atoms with Crippen molar-refractivity contribution in [1.29, 1.82) is 0 Å². The first-order valence-corrected chi connectivity index (χ1v) is 7.70. The van der Waals surface area contributed by atoms with Crippen LogP contribution in [0.2, 0.25) is 0 Å². The van der Waals surface area contributed by atoms with Gasteiger partial charge in [-0.25, -0.2) is 4.98 Å². The van der Waals surface area contributed by atoms with Crippen LogP contribution in [0.3, 0.4) is 0 Å². The third-order valence-corrected chi connectivity index (χ3v) is 4.89. The molecule has 0 radical (unpaired) electrons. The summed E-state index contributed by atoms with van der Waals surface area (Å²) in [7, 11) is 0. The van der Waals surface area contributed by atoms with Gasteiger partial charge in [-0.15, -0.1) is 0 Å².